The monoisotopic (exact) mass is 260 g/mol. The molecule has 4 heteroatoms. The Morgan fingerprint density at radius 3 is 2.68 bits per heavy atom. The van der Waals surface area contributed by atoms with E-state index < -0.39 is 0 Å². The third kappa shape index (κ3) is 3.76. The average Bonchev–Trinajstić information content (AvgIpc) is 2.41. The zero-order valence-corrected chi connectivity index (χ0v) is 10.8. The normalized spacial score (nSPS) is 12.2. The molecule has 0 saturated carbocycles. The minimum Gasteiger partial charge on any atom is -0.493 e. The Balaban J connectivity index is 2.00. The lowest BCUT2D eigenvalue weighted by Crippen LogP contribution is -2.10. The summed E-state index contributed by atoms with van der Waals surface area (Å²) < 4.78 is 18.9. The summed E-state index contributed by atoms with van der Waals surface area (Å²) in [6.07, 6.45) is 4.28. The van der Waals surface area contributed by atoms with Crippen LogP contribution >= 0.6 is 0 Å². The molecule has 19 heavy (non-hydrogen) atoms. The largest absolute Gasteiger partial charge is 0.493 e. The molecule has 0 aliphatic rings. The van der Waals surface area contributed by atoms with Crippen LogP contribution in [-0.4, -0.2) is 11.6 Å². The molecule has 0 spiro atoms. The second-order valence-corrected chi connectivity index (χ2v) is 4.42. The minimum atomic E-state index is -0.297. The van der Waals surface area contributed by atoms with E-state index in [1.807, 2.05) is 19.1 Å². The Morgan fingerprint density at radius 2 is 2.00 bits per heavy atom. The first kappa shape index (κ1) is 13.5. The maximum atomic E-state index is 13.2. The SMILES string of the molecule is CC(N)c1cc(F)ccc1OCCc1ccncc1. The molecule has 0 radical (unpaired) electrons. The molecule has 2 rings (SSSR count). The van der Waals surface area contributed by atoms with Crippen molar-refractivity contribution in [3.8, 4) is 5.75 Å². The molecule has 2 aromatic rings. The highest BCUT2D eigenvalue weighted by Crippen LogP contribution is 2.24. The second-order valence-electron chi connectivity index (χ2n) is 4.42. The van der Waals surface area contributed by atoms with Crippen molar-refractivity contribution in [2.45, 2.75) is 19.4 Å². The summed E-state index contributed by atoms with van der Waals surface area (Å²) in [5.74, 6) is 0.347. The quantitative estimate of drug-likeness (QED) is 0.899. The smallest absolute Gasteiger partial charge is 0.124 e. The van der Waals surface area contributed by atoms with E-state index in [0.29, 0.717) is 17.9 Å². The standard InChI is InChI=1S/C15H17FN2O/c1-11(17)14-10-13(16)2-3-15(14)19-9-6-12-4-7-18-8-5-12/h2-5,7-8,10-11H,6,9,17H2,1H3. The number of ether oxygens (including phenoxy) is 1. The van der Waals surface area contributed by atoms with E-state index in [4.69, 9.17) is 10.5 Å². The van der Waals surface area contributed by atoms with Crippen LogP contribution in [0.1, 0.15) is 24.1 Å². The fourth-order valence-electron chi connectivity index (χ4n) is 1.83. The van der Waals surface area contributed by atoms with Gasteiger partial charge in [0.2, 0.25) is 0 Å². The number of benzene rings is 1. The fourth-order valence-corrected chi connectivity index (χ4v) is 1.83. The van der Waals surface area contributed by atoms with Crippen LogP contribution in [0.15, 0.2) is 42.7 Å². The second kappa shape index (κ2) is 6.29. The van der Waals surface area contributed by atoms with Crippen molar-refractivity contribution in [1.29, 1.82) is 0 Å². The Kier molecular flexibility index (Phi) is 4.47. The molecule has 0 bridgehead atoms. The summed E-state index contributed by atoms with van der Waals surface area (Å²) in [6, 6.07) is 8.06. The highest BCUT2D eigenvalue weighted by atomic mass is 19.1. The van der Waals surface area contributed by atoms with Gasteiger partial charge in [-0.1, -0.05) is 0 Å². The Hall–Kier alpha value is -1.94. The van der Waals surface area contributed by atoms with E-state index in [1.165, 1.54) is 12.1 Å². The van der Waals surface area contributed by atoms with Crippen molar-refractivity contribution in [1.82, 2.24) is 4.98 Å². The van der Waals surface area contributed by atoms with E-state index in [1.54, 1.807) is 18.5 Å². The molecule has 0 saturated heterocycles. The van der Waals surface area contributed by atoms with Gasteiger partial charge in [-0.25, -0.2) is 4.39 Å². The number of aromatic nitrogens is 1. The molecule has 2 N–H and O–H groups in total. The number of halogens is 1. The van der Waals surface area contributed by atoms with Crippen LogP contribution in [0.3, 0.4) is 0 Å². The average molecular weight is 260 g/mol. The van der Waals surface area contributed by atoms with Gasteiger partial charge in [0.05, 0.1) is 6.61 Å². The van der Waals surface area contributed by atoms with Gasteiger partial charge in [0.25, 0.3) is 0 Å². The van der Waals surface area contributed by atoms with Crippen LogP contribution in [0, 0.1) is 5.82 Å². The molecule has 1 unspecified atom stereocenters. The first-order valence-electron chi connectivity index (χ1n) is 6.23. The maximum absolute atomic E-state index is 13.2. The van der Waals surface area contributed by atoms with E-state index >= 15 is 0 Å². The molecular formula is C15H17FN2O. The Bertz CT molecular complexity index is 529. The summed E-state index contributed by atoms with van der Waals surface area (Å²) in [5.41, 5.74) is 7.65. The minimum absolute atomic E-state index is 0.258. The van der Waals surface area contributed by atoms with Crippen molar-refractivity contribution in [3.63, 3.8) is 0 Å². The summed E-state index contributed by atoms with van der Waals surface area (Å²) in [5, 5.41) is 0. The van der Waals surface area contributed by atoms with Gasteiger partial charge in [0.1, 0.15) is 11.6 Å². The molecule has 0 fully saturated rings. The number of nitrogens with zero attached hydrogens (tertiary/aromatic N) is 1. The van der Waals surface area contributed by atoms with Gasteiger partial charge < -0.3 is 10.5 Å². The molecule has 1 atom stereocenters. The molecular weight excluding hydrogens is 243 g/mol. The molecule has 1 aromatic heterocycles. The lowest BCUT2D eigenvalue weighted by molar-refractivity contribution is 0.316. The van der Waals surface area contributed by atoms with Gasteiger partial charge in [-0.3, -0.25) is 4.98 Å². The lowest BCUT2D eigenvalue weighted by atomic mass is 10.1. The molecule has 0 aliphatic heterocycles. The van der Waals surface area contributed by atoms with Gasteiger partial charge in [0.15, 0.2) is 0 Å². The number of rotatable bonds is 5. The molecule has 3 nitrogen and oxygen atoms in total. The molecule has 1 aromatic carbocycles. The van der Waals surface area contributed by atoms with Crippen molar-refractivity contribution in [3.05, 3.63) is 59.7 Å². The van der Waals surface area contributed by atoms with Crippen LogP contribution in [0.2, 0.25) is 0 Å². The highest BCUT2D eigenvalue weighted by Gasteiger charge is 2.09. The van der Waals surface area contributed by atoms with E-state index in [9.17, 15) is 4.39 Å². The number of hydrogen-bond acceptors (Lipinski definition) is 3. The fraction of sp³-hybridized carbons (Fsp3) is 0.267. The van der Waals surface area contributed by atoms with Crippen LogP contribution in [0.4, 0.5) is 4.39 Å². The van der Waals surface area contributed by atoms with Gasteiger partial charge in [0, 0.05) is 30.4 Å². The van der Waals surface area contributed by atoms with Crippen LogP contribution in [0.5, 0.6) is 5.75 Å². The van der Waals surface area contributed by atoms with Gasteiger partial charge in [-0.2, -0.15) is 0 Å². The number of nitrogens with two attached hydrogens (primary N) is 1. The van der Waals surface area contributed by atoms with E-state index in [-0.39, 0.29) is 11.9 Å². The Morgan fingerprint density at radius 1 is 1.26 bits per heavy atom. The third-order valence-corrected chi connectivity index (χ3v) is 2.86. The summed E-state index contributed by atoms with van der Waals surface area (Å²) in [6.45, 7) is 2.33. The van der Waals surface area contributed by atoms with Crippen molar-refractivity contribution < 1.29 is 9.13 Å². The first-order valence-corrected chi connectivity index (χ1v) is 6.23. The highest BCUT2D eigenvalue weighted by molar-refractivity contribution is 5.36. The molecule has 1 heterocycles. The van der Waals surface area contributed by atoms with Crippen LogP contribution in [-0.2, 0) is 6.42 Å². The maximum Gasteiger partial charge on any atom is 0.124 e. The lowest BCUT2D eigenvalue weighted by Gasteiger charge is -2.14. The zero-order chi connectivity index (χ0) is 13.7. The van der Waals surface area contributed by atoms with Crippen molar-refractivity contribution >= 4 is 0 Å². The van der Waals surface area contributed by atoms with Gasteiger partial charge in [-0.15, -0.1) is 0 Å². The zero-order valence-electron chi connectivity index (χ0n) is 10.8. The summed E-state index contributed by atoms with van der Waals surface area (Å²) in [4.78, 5) is 3.96. The summed E-state index contributed by atoms with van der Waals surface area (Å²) in [7, 11) is 0. The van der Waals surface area contributed by atoms with Crippen molar-refractivity contribution in [2.75, 3.05) is 6.61 Å². The first-order chi connectivity index (χ1) is 9.16. The van der Waals surface area contributed by atoms with Crippen LogP contribution in [0.25, 0.3) is 0 Å². The third-order valence-electron chi connectivity index (χ3n) is 2.86. The summed E-state index contributed by atoms with van der Waals surface area (Å²) >= 11 is 0. The van der Waals surface area contributed by atoms with Crippen molar-refractivity contribution in [2.24, 2.45) is 5.73 Å². The van der Waals surface area contributed by atoms with E-state index in [2.05, 4.69) is 4.98 Å². The molecule has 100 valence electrons. The van der Waals surface area contributed by atoms with Gasteiger partial charge >= 0.3 is 0 Å². The number of pyridine rings is 1. The molecule has 0 amide bonds. The number of hydrogen-bond donors (Lipinski definition) is 1. The van der Waals surface area contributed by atoms with E-state index in [0.717, 1.165) is 12.0 Å². The predicted octanol–water partition coefficient (Wildman–Crippen LogP) is 2.86. The Labute approximate surface area is 112 Å². The van der Waals surface area contributed by atoms with Gasteiger partial charge in [-0.05, 0) is 42.8 Å². The predicted molar refractivity (Wildman–Crippen MR) is 72.4 cm³/mol. The molecule has 0 aliphatic carbocycles. The topological polar surface area (TPSA) is 48.1 Å². The van der Waals surface area contributed by atoms with Crippen LogP contribution < -0.4 is 10.5 Å².